The van der Waals surface area contributed by atoms with Gasteiger partial charge in [-0.25, -0.2) is 0 Å². The minimum absolute atomic E-state index is 0.0732. The van der Waals surface area contributed by atoms with Crippen LogP contribution in [0, 0.1) is 6.92 Å². The molecule has 1 aliphatic heterocycles. The average Bonchev–Trinajstić information content (AvgIpc) is 3.17. The molecule has 1 aliphatic carbocycles. The van der Waals surface area contributed by atoms with Gasteiger partial charge in [-0.05, 0) is 31.4 Å². The summed E-state index contributed by atoms with van der Waals surface area (Å²) in [5.41, 5.74) is 3.73. The van der Waals surface area contributed by atoms with Gasteiger partial charge in [0.1, 0.15) is 0 Å². The Kier molecular flexibility index (Phi) is 3.37. The molecule has 0 radical (unpaired) electrons. The van der Waals surface area contributed by atoms with Crippen LogP contribution in [0.2, 0.25) is 0 Å². The molecule has 0 saturated heterocycles. The molecular formula is C17H19N5O2. The van der Waals surface area contributed by atoms with Gasteiger partial charge < -0.3 is 10.2 Å². The van der Waals surface area contributed by atoms with E-state index in [1.165, 1.54) is 0 Å². The minimum atomic E-state index is -0.138. The van der Waals surface area contributed by atoms with Crippen molar-refractivity contribution >= 4 is 11.8 Å². The van der Waals surface area contributed by atoms with Crippen LogP contribution in [0.4, 0.5) is 0 Å². The van der Waals surface area contributed by atoms with Crippen LogP contribution in [-0.2, 0) is 20.1 Å². The van der Waals surface area contributed by atoms with E-state index in [9.17, 15) is 9.59 Å². The fourth-order valence-electron chi connectivity index (χ4n) is 3.06. The van der Waals surface area contributed by atoms with Crippen molar-refractivity contribution in [3.63, 3.8) is 0 Å². The Morgan fingerprint density at radius 3 is 2.75 bits per heavy atom. The van der Waals surface area contributed by atoms with Gasteiger partial charge >= 0.3 is 0 Å². The van der Waals surface area contributed by atoms with E-state index >= 15 is 0 Å². The number of fused-ring (bicyclic) bond motifs is 1. The second-order valence-electron chi connectivity index (χ2n) is 6.56. The van der Waals surface area contributed by atoms with Crippen LogP contribution in [0.5, 0.6) is 0 Å². The summed E-state index contributed by atoms with van der Waals surface area (Å²) in [6, 6.07) is 2.12. The van der Waals surface area contributed by atoms with E-state index in [-0.39, 0.29) is 17.9 Å². The van der Waals surface area contributed by atoms with Gasteiger partial charge in [-0.15, -0.1) is 0 Å². The number of nitrogens with zero attached hydrogens (tertiary/aromatic N) is 4. The molecule has 2 amide bonds. The van der Waals surface area contributed by atoms with Crippen LogP contribution >= 0.6 is 0 Å². The molecule has 1 saturated carbocycles. The van der Waals surface area contributed by atoms with Crippen LogP contribution in [0.1, 0.15) is 50.5 Å². The highest BCUT2D eigenvalue weighted by molar-refractivity contribution is 5.96. The van der Waals surface area contributed by atoms with Gasteiger partial charge in [0.2, 0.25) is 0 Å². The Morgan fingerprint density at radius 2 is 2.04 bits per heavy atom. The van der Waals surface area contributed by atoms with E-state index in [0.29, 0.717) is 24.3 Å². The minimum Gasteiger partial charge on any atom is -0.348 e. The summed E-state index contributed by atoms with van der Waals surface area (Å²) >= 11 is 0. The lowest BCUT2D eigenvalue weighted by molar-refractivity contribution is 0.0745. The Hall–Kier alpha value is -2.70. The highest BCUT2D eigenvalue weighted by Crippen LogP contribution is 2.28. The van der Waals surface area contributed by atoms with Crippen molar-refractivity contribution in [2.45, 2.75) is 38.9 Å². The maximum absolute atomic E-state index is 12.7. The molecule has 0 bridgehead atoms. The van der Waals surface area contributed by atoms with Crippen molar-refractivity contribution in [1.29, 1.82) is 0 Å². The lowest BCUT2D eigenvalue weighted by Gasteiger charge is -2.16. The molecule has 4 rings (SSSR count). The highest BCUT2D eigenvalue weighted by atomic mass is 16.2. The molecule has 0 atom stereocenters. The molecule has 1 N–H and O–H groups in total. The zero-order valence-electron chi connectivity index (χ0n) is 13.7. The number of amides is 2. The number of rotatable bonds is 3. The van der Waals surface area contributed by atoms with E-state index in [1.807, 2.05) is 20.0 Å². The number of nitrogens with one attached hydrogen (secondary N) is 1. The van der Waals surface area contributed by atoms with Crippen LogP contribution in [0.3, 0.4) is 0 Å². The smallest absolute Gasteiger partial charge is 0.272 e. The molecule has 2 aromatic heterocycles. The third kappa shape index (κ3) is 2.55. The van der Waals surface area contributed by atoms with E-state index in [2.05, 4.69) is 15.4 Å². The number of hydrogen-bond acceptors (Lipinski definition) is 4. The third-order valence-corrected chi connectivity index (χ3v) is 4.50. The summed E-state index contributed by atoms with van der Waals surface area (Å²) in [4.78, 5) is 30.9. The number of hydrogen-bond donors (Lipinski definition) is 1. The second kappa shape index (κ2) is 5.43. The number of carbonyl (C=O) groups excluding carboxylic acids is 2. The van der Waals surface area contributed by atoms with E-state index < -0.39 is 0 Å². The maximum Gasteiger partial charge on any atom is 0.272 e. The van der Waals surface area contributed by atoms with Crippen molar-refractivity contribution in [2.24, 2.45) is 7.05 Å². The fraction of sp³-hybridized carbons (Fsp3) is 0.412. The summed E-state index contributed by atoms with van der Waals surface area (Å²) in [5, 5.41) is 7.32. The zero-order valence-corrected chi connectivity index (χ0v) is 13.7. The summed E-state index contributed by atoms with van der Waals surface area (Å²) in [5.74, 6) is -0.211. The van der Waals surface area contributed by atoms with Crippen molar-refractivity contribution < 1.29 is 9.59 Å². The Labute approximate surface area is 139 Å². The lowest BCUT2D eigenvalue weighted by atomic mass is 10.2. The van der Waals surface area contributed by atoms with Gasteiger partial charge in [0.05, 0.1) is 24.3 Å². The summed E-state index contributed by atoms with van der Waals surface area (Å²) in [7, 11) is 1.81. The predicted octanol–water partition coefficient (Wildman–Crippen LogP) is 1.17. The molecule has 3 heterocycles. The molecule has 124 valence electrons. The first kappa shape index (κ1) is 14.9. The van der Waals surface area contributed by atoms with E-state index in [0.717, 1.165) is 29.7 Å². The average molecular weight is 325 g/mol. The molecule has 7 nitrogen and oxygen atoms in total. The van der Waals surface area contributed by atoms with Crippen LogP contribution in [0.25, 0.3) is 0 Å². The Morgan fingerprint density at radius 1 is 1.25 bits per heavy atom. The molecule has 2 aliphatic rings. The first-order valence-electron chi connectivity index (χ1n) is 8.09. The van der Waals surface area contributed by atoms with Crippen molar-refractivity contribution in [1.82, 2.24) is 25.0 Å². The standard InChI is InChI=1S/C17H19N5O2/c1-10-5-11(7-18-6-10)17(24)22-8-13-14(9-22)21(2)20-15(13)16(23)19-12-3-4-12/h5-7,12H,3-4,8-9H2,1-2H3,(H,19,23). The van der Waals surface area contributed by atoms with Crippen LogP contribution in [-0.4, -0.2) is 37.5 Å². The fourth-order valence-corrected chi connectivity index (χ4v) is 3.06. The molecule has 0 unspecified atom stereocenters. The quantitative estimate of drug-likeness (QED) is 0.919. The molecule has 2 aromatic rings. The Bertz CT molecular complexity index is 838. The highest BCUT2D eigenvalue weighted by Gasteiger charge is 2.34. The van der Waals surface area contributed by atoms with E-state index in [4.69, 9.17) is 0 Å². The van der Waals surface area contributed by atoms with Crippen molar-refractivity contribution in [3.05, 3.63) is 46.5 Å². The van der Waals surface area contributed by atoms with Gasteiger partial charge in [0, 0.05) is 31.0 Å². The molecule has 0 spiro atoms. The van der Waals surface area contributed by atoms with Gasteiger partial charge in [0.15, 0.2) is 5.69 Å². The third-order valence-electron chi connectivity index (χ3n) is 4.50. The number of carbonyl (C=O) groups is 2. The summed E-state index contributed by atoms with van der Waals surface area (Å²) in [6.45, 7) is 2.78. The number of pyridine rings is 1. The van der Waals surface area contributed by atoms with Gasteiger partial charge in [-0.3, -0.25) is 19.3 Å². The Balaban J connectivity index is 1.57. The van der Waals surface area contributed by atoms with Gasteiger partial charge in [0.25, 0.3) is 11.8 Å². The predicted molar refractivity (Wildman–Crippen MR) is 86.2 cm³/mol. The van der Waals surface area contributed by atoms with Crippen molar-refractivity contribution in [2.75, 3.05) is 0 Å². The van der Waals surface area contributed by atoms with Crippen LogP contribution < -0.4 is 5.32 Å². The van der Waals surface area contributed by atoms with Gasteiger partial charge in [-0.2, -0.15) is 5.10 Å². The molecule has 0 aromatic carbocycles. The number of aryl methyl sites for hydroxylation is 2. The second-order valence-corrected chi connectivity index (χ2v) is 6.56. The first-order chi connectivity index (χ1) is 11.5. The van der Waals surface area contributed by atoms with E-state index in [1.54, 1.807) is 22.0 Å². The van der Waals surface area contributed by atoms with Gasteiger partial charge in [-0.1, -0.05) is 0 Å². The van der Waals surface area contributed by atoms with Crippen molar-refractivity contribution in [3.8, 4) is 0 Å². The summed E-state index contributed by atoms with van der Waals surface area (Å²) < 4.78 is 1.71. The number of aromatic nitrogens is 3. The monoisotopic (exact) mass is 325 g/mol. The summed E-state index contributed by atoms with van der Waals surface area (Å²) in [6.07, 6.45) is 5.37. The SMILES string of the molecule is Cc1cncc(C(=O)N2Cc3c(C(=O)NC4CC4)nn(C)c3C2)c1. The molecule has 7 heteroatoms. The first-order valence-corrected chi connectivity index (χ1v) is 8.09. The van der Waals surface area contributed by atoms with Crippen LogP contribution in [0.15, 0.2) is 18.5 Å². The lowest BCUT2D eigenvalue weighted by Crippen LogP contribution is -2.29. The zero-order chi connectivity index (χ0) is 16.8. The topological polar surface area (TPSA) is 80.1 Å². The molecule has 1 fully saturated rings. The normalized spacial score (nSPS) is 16.2. The molecular weight excluding hydrogens is 306 g/mol. The maximum atomic E-state index is 12.7. The molecule has 24 heavy (non-hydrogen) atoms. The largest absolute Gasteiger partial charge is 0.348 e.